The Morgan fingerprint density at radius 2 is 1.74 bits per heavy atom. The lowest BCUT2D eigenvalue weighted by Crippen LogP contribution is -2.29. The van der Waals surface area contributed by atoms with E-state index >= 15 is 0 Å². The molecule has 140 valence electrons. The Bertz CT molecular complexity index is 1220. The summed E-state index contributed by atoms with van der Waals surface area (Å²) in [5, 5.41) is 0.420. The molecule has 0 atom stereocenters. The van der Waals surface area contributed by atoms with Crippen molar-refractivity contribution in [2.45, 2.75) is 17.5 Å². The highest BCUT2D eigenvalue weighted by Crippen LogP contribution is 2.41. The van der Waals surface area contributed by atoms with Gasteiger partial charge in [-0.1, -0.05) is 12.1 Å². The van der Waals surface area contributed by atoms with Gasteiger partial charge in [0, 0.05) is 23.5 Å². The number of nitrogens with zero attached hydrogens (tertiary/aromatic N) is 1. The number of rotatable bonds is 2. The molecule has 2 aromatic carbocycles. The second-order valence-electron chi connectivity index (χ2n) is 6.15. The van der Waals surface area contributed by atoms with Gasteiger partial charge in [-0.05, 0) is 42.3 Å². The van der Waals surface area contributed by atoms with Crippen LogP contribution < -0.4 is 9.86 Å². The Labute approximate surface area is 152 Å². The minimum atomic E-state index is -4.56. The highest BCUT2D eigenvalue weighted by Gasteiger charge is 2.39. The van der Waals surface area contributed by atoms with E-state index in [0.29, 0.717) is 0 Å². The van der Waals surface area contributed by atoms with Crippen molar-refractivity contribution in [3.63, 3.8) is 0 Å². The van der Waals surface area contributed by atoms with Crippen molar-refractivity contribution in [3.05, 3.63) is 70.1 Å². The third-order valence-electron chi connectivity index (χ3n) is 4.63. The molecule has 1 N–H and O–H groups in total. The Hall–Kier alpha value is -2.81. The van der Waals surface area contributed by atoms with E-state index in [1.165, 1.54) is 42.6 Å². The quantitative estimate of drug-likeness (QED) is 0.725. The molecule has 1 aliphatic rings. The van der Waals surface area contributed by atoms with Gasteiger partial charge in [0.05, 0.1) is 16.1 Å². The highest BCUT2D eigenvalue weighted by atomic mass is 32.2. The van der Waals surface area contributed by atoms with Crippen molar-refractivity contribution in [1.29, 1.82) is 0 Å². The number of benzene rings is 2. The van der Waals surface area contributed by atoms with Crippen LogP contribution in [0.1, 0.15) is 11.1 Å². The zero-order valence-corrected chi connectivity index (χ0v) is 14.6. The number of H-pyrrole nitrogens is 1. The van der Waals surface area contributed by atoms with Gasteiger partial charge in [0.1, 0.15) is 0 Å². The summed E-state index contributed by atoms with van der Waals surface area (Å²) in [5.74, 6) is 0. The summed E-state index contributed by atoms with van der Waals surface area (Å²) in [5.41, 5.74) is -1.28. The van der Waals surface area contributed by atoms with E-state index in [2.05, 4.69) is 4.98 Å². The number of pyridine rings is 1. The smallest absolute Gasteiger partial charge is 0.329 e. The molecule has 0 unspecified atom stereocenters. The lowest BCUT2D eigenvalue weighted by Gasteiger charge is -2.21. The molecule has 0 saturated carbocycles. The molecule has 0 amide bonds. The Balaban J connectivity index is 1.91. The van der Waals surface area contributed by atoms with Crippen LogP contribution in [0.25, 0.3) is 10.8 Å². The molecule has 0 spiro atoms. The lowest BCUT2D eigenvalue weighted by molar-refractivity contribution is -0.138. The molecule has 0 saturated heterocycles. The van der Waals surface area contributed by atoms with Crippen LogP contribution in [-0.2, 0) is 22.6 Å². The number of halogens is 3. The first kappa shape index (κ1) is 17.6. The first-order valence-corrected chi connectivity index (χ1v) is 9.47. The van der Waals surface area contributed by atoms with Crippen LogP contribution in [0, 0.1) is 0 Å². The molecule has 9 heteroatoms. The van der Waals surface area contributed by atoms with Gasteiger partial charge in [-0.15, -0.1) is 0 Å². The number of fused-ring (bicyclic) bond motifs is 2. The maximum absolute atomic E-state index is 13.2. The topological polar surface area (TPSA) is 70.2 Å². The van der Waals surface area contributed by atoms with Gasteiger partial charge in [-0.25, -0.2) is 8.42 Å². The maximum atomic E-state index is 13.2. The Kier molecular flexibility index (Phi) is 3.81. The monoisotopic (exact) mass is 394 g/mol. The summed E-state index contributed by atoms with van der Waals surface area (Å²) in [6.45, 7) is -0.0929. The first-order chi connectivity index (χ1) is 12.7. The molecule has 3 aromatic rings. The summed E-state index contributed by atoms with van der Waals surface area (Å²) >= 11 is 0. The average molecular weight is 394 g/mol. The van der Waals surface area contributed by atoms with Gasteiger partial charge >= 0.3 is 6.18 Å². The molecule has 27 heavy (non-hydrogen) atoms. The normalized spacial score (nSPS) is 14.6. The number of hydrogen-bond donors (Lipinski definition) is 1. The fraction of sp³-hybridized carbons (Fsp3) is 0.167. The molecule has 1 aliphatic heterocycles. The van der Waals surface area contributed by atoms with E-state index in [-0.39, 0.29) is 39.9 Å². The van der Waals surface area contributed by atoms with Crippen molar-refractivity contribution in [2.24, 2.45) is 0 Å². The second kappa shape index (κ2) is 5.85. The molecular weight excluding hydrogens is 381 g/mol. The SMILES string of the molecule is O=c1[nH]ccc2c(S(=O)(=O)N3CCc4c3cccc4C(F)(F)F)cccc12. The third kappa shape index (κ3) is 2.69. The van der Waals surface area contributed by atoms with Crippen LogP contribution in [0.15, 0.2) is 58.4 Å². The van der Waals surface area contributed by atoms with Crippen LogP contribution in [0.3, 0.4) is 0 Å². The van der Waals surface area contributed by atoms with Crippen LogP contribution in [0.2, 0.25) is 0 Å². The number of sulfonamides is 1. The minimum absolute atomic E-state index is 0.0201. The van der Waals surface area contributed by atoms with E-state index in [1.54, 1.807) is 0 Å². The summed E-state index contributed by atoms with van der Waals surface area (Å²) in [4.78, 5) is 14.3. The minimum Gasteiger partial charge on any atom is -0.329 e. The molecule has 0 radical (unpaired) electrons. The number of aromatic amines is 1. The number of hydrogen-bond acceptors (Lipinski definition) is 3. The van der Waals surface area contributed by atoms with Gasteiger partial charge in [-0.2, -0.15) is 13.2 Å². The van der Waals surface area contributed by atoms with Crippen molar-refractivity contribution in [2.75, 3.05) is 10.8 Å². The Morgan fingerprint density at radius 1 is 1.00 bits per heavy atom. The molecule has 0 fully saturated rings. The predicted octanol–water partition coefficient (Wildman–Crippen LogP) is 3.30. The summed E-state index contributed by atoms with van der Waals surface area (Å²) < 4.78 is 67.1. The van der Waals surface area contributed by atoms with Gasteiger partial charge < -0.3 is 4.98 Å². The summed E-state index contributed by atoms with van der Waals surface area (Å²) in [6.07, 6.45) is -3.25. The molecule has 4 rings (SSSR count). The zero-order chi connectivity index (χ0) is 19.4. The number of aromatic nitrogens is 1. The molecule has 2 heterocycles. The van der Waals surface area contributed by atoms with Gasteiger partial charge in [0.25, 0.3) is 15.6 Å². The van der Waals surface area contributed by atoms with E-state index < -0.39 is 27.3 Å². The number of anilines is 1. The van der Waals surface area contributed by atoms with Crippen molar-refractivity contribution >= 4 is 26.5 Å². The number of nitrogens with one attached hydrogen (secondary N) is 1. The van der Waals surface area contributed by atoms with Gasteiger partial charge in [0.15, 0.2) is 0 Å². The molecule has 0 bridgehead atoms. The van der Waals surface area contributed by atoms with E-state index in [1.807, 2.05) is 0 Å². The maximum Gasteiger partial charge on any atom is 0.416 e. The van der Waals surface area contributed by atoms with E-state index in [4.69, 9.17) is 0 Å². The van der Waals surface area contributed by atoms with Gasteiger partial charge in [0.2, 0.25) is 0 Å². The molecule has 5 nitrogen and oxygen atoms in total. The van der Waals surface area contributed by atoms with Gasteiger partial charge in [-0.3, -0.25) is 9.10 Å². The van der Waals surface area contributed by atoms with Crippen LogP contribution >= 0.6 is 0 Å². The predicted molar refractivity (Wildman–Crippen MR) is 94.2 cm³/mol. The largest absolute Gasteiger partial charge is 0.416 e. The number of alkyl halides is 3. The second-order valence-corrected chi connectivity index (χ2v) is 7.98. The fourth-order valence-corrected chi connectivity index (χ4v) is 5.16. The molecule has 1 aromatic heterocycles. The molecular formula is C18H13F3N2O3S. The summed E-state index contributed by atoms with van der Waals surface area (Å²) in [7, 11) is -4.14. The van der Waals surface area contributed by atoms with Crippen LogP contribution in [-0.4, -0.2) is 19.9 Å². The zero-order valence-electron chi connectivity index (χ0n) is 13.7. The first-order valence-electron chi connectivity index (χ1n) is 8.03. The fourth-order valence-electron chi connectivity index (χ4n) is 3.46. The average Bonchev–Trinajstić information content (AvgIpc) is 3.05. The lowest BCUT2D eigenvalue weighted by atomic mass is 10.0. The van der Waals surface area contributed by atoms with E-state index in [9.17, 15) is 26.4 Å². The van der Waals surface area contributed by atoms with Crippen molar-refractivity contribution in [3.8, 4) is 0 Å². The standard InChI is InChI=1S/C18H13F3N2O3S/c19-18(20,21)14-4-2-5-15-13(14)8-10-23(15)27(25,26)16-6-1-3-12-11(16)7-9-22-17(12)24/h1-7,9H,8,10H2,(H,22,24). The van der Waals surface area contributed by atoms with E-state index in [0.717, 1.165) is 10.4 Å². The van der Waals surface area contributed by atoms with Crippen molar-refractivity contribution < 1.29 is 21.6 Å². The molecule has 0 aliphatic carbocycles. The third-order valence-corrected chi connectivity index (χ3v) is 6.50. The highest BCUT2D eigenvalue weighted by molar-refractivity contribution is 7.93. The van der Waals surface area contributed by atoms with Crippen molar-refractivity contribution in [1.82, 2.24) is 4.98 Å². The summed E-state index contributed by atoms with van der Waals surface area (Å²) in [6, 6.07) is 9.26. The van der Waals surface area contributed by atoms with Crippen LogP contribution in [0.4, 0.5) is 18.9 Å². The Morgan fingerprint density at radius 3 is 2.48 bits per heavy atom. The van der Waals surface area contributed by atoms with Crippen LogP contribution in [0.5, 0.6) is 0 Å².